The van der Waals surface area contributed by atoms with Gasteiger partial charge in [-0.1, -0.05) is 60.7 Å². The summed E-state index contributed by atoms with van der Waals surface area (Å²) >= 11 is 0. The molecule has 0 fully saturated rings. The molecule has 0 unspecified atom stereocenters. The van der Waals surface area contributed by atoms with Gasteiger partial charge in [-0.2, -0.15) is 5.26 Å². The van der Waals surface area contributed by atoms with Crippen LogP contribution in [0.3, 0.4) is 0 Å². The van der Waals surface area contributed by atoms with E-state index >= 15 is 0 Å². The first-order valence-electron chi connectivity index (χ1n) is 7.99. The van der Waals surface area contributed by atoms with E-state index in [4.69, 9.17) is 0 Å². The highest BCUT2D eigenvalue weighted by molar-refractivity contribution is 6.14. The highest BCUT2D eigenvalue weighted by Gasteiger charge is 2.21. The Kier molecular flexibility index (Phi) is 5.14. The molecule has 0 spiro atoms. The molecule has 0 saturated carbocycles. The first-order valence-corrected chi connectivity index (χ1v) is 7.99. The predicted octanol–water partition coefficient (Wildman–Crippen LogP) is 5.37. The summed E-state index contributed by atoms with van der Waals surface area (Å²) in [4.78, 5) is 8.56. The van der Waals surface area contributed by atoms with Crippen LogP contribution < -0.4 is 0 Å². The maximum absolute atomic E-state index is 13.7. The zero-order valence-corrected chi connectivity index (χ0v) is 14.0. The van der Waals surface area contributed by atoms with Crippen LogP contribution >= 0.6 is 0 Å². The van der Waals surface area contributed by atoms with Gasteiger partial charge in [0.25, 0.3) is 6.43 Å². The second-order valence-electron chi connectivity index (χ2n) is 5.62. The number of pyridine rings is 1. The van der Waals surface area contributed by atoms with Crippen molar-refractivity contribution in [1.82, 2.24) is 4.98 Å². The van der Waals surface area contributed by atoms with Crippen LogP contribution in [-0.2, 0) is 0 Å². The lowest BCUT2D eigenvalue weighted by Gasteiger charge is -2.12. The van der Waals surface area contributed by atoms with Gasteiger partial charge in [0, 0.05) is 11.1 Å². The van der Waals surface area contributed by atoms with Crippen molar-refractivity contribution in [3.05, 3.63) is 94.8 Å². The van der Waals surface area contributed by atoms with Crippen LogP contribution in [0.25, 0.3) is 0 Å². The molecule has 0 aliphatic carbocycles. The Morgan fingerprint density at radius 3 is 2.00 bits per heavy atom. The van der Waals surface area contributed by atoms with Crippen LogP contribution in [-0.4, -0.2) is 10.7 Å². The molecular weight excluding hydrogens is 332 g/mol. The van der Waals surface area contributed by atoms with E-state index in [1.807, 2.05) is 66.7 Å². The van der Waals surface area contributed by atoms with E-state index in [0.29, 0.717) is 5.71 Å². The Morgan fingerprint density at radius 2 is 1.54 bits per heavy atom. The number of aromatic nitrogens is 1. The van der Waals surface area contributed by atoms with Gasteiger partial charge in [0.1, 0.15) is 6.07 Å². The van der Waals surface area contributed by atoms with Gasteiger partial charge in [-0.25, -0.2) is 13.8 Å². The first-order chi connectivity index (χ1) is 12.6. The molecule has 3 nitrogen and oxygen atoms in total. The first kappa shape index (κ1) is 17.4. The van der Waals surface area contributed by atoms with Crippen LogP contribution in [0.1, 0.15) is 34.4 Å². The Morgan fingerprint density at radius 1 is 1.00 bits per heavy atom. The summed E-state index contributed by atoms with van der Waals surface area (Å²) in [6.07, 6.45) is -1.53. The minimum atomic E-state index is -2.82. The summed E-state index contributed by atoms with van der Waals surface area (Å²) in [6, 6.07) is 20.4. The fourth-order valence-electron chi connectivity index (χ4n) is 2.67. The lowest BCUT2D eigenvalue weighted by Crippen LogP contribution is -2.04. The maximum Gasteiger partial charge on any atom is 0.267 e. The van der Waals surface area contributed by atoms with Crippen molar-refractivity contribution < 1.29 is 8.78 Å². The number of nitriles is 1. The van der Waals surface area contributed by atoms with Gasteiger partial charge in [-0.05, 0) is 6.92 Å². The third-order valence-electron chi connectivity index (χ3n) is 3.94. The number of alkyl halides is 2. The highest BCUT2D eigenvalue weighted by Crippen LogP contribution is 2.33. The molecule has 2 aromatic carbocycles. The van der Waals surface area contributed by atoms with Crippen LogP contribution in [0.4, 0.5) is 14.5 Å². The molecule has 128 valence electrons. The van der Waals surface area contributed by atoms with Gasteiger partial charge in [-0.15, -0.1) is 0 Å². The Bertz CT molecular complexity index is 934. The van der Waals surface area contributed by atoms with Crippen molar-refractivity contribution in [2.45, 2.75) is 13.3 Å². The lowest BCUT2D eigenvalue weighted by molar-refractivity contribution is 0.151. The molecule has 26 heavy (non-hydrogen) atoms. The van der Waals surface area contributed by atoms with Gasteiger partial charge in [0.05, 0.1) is 34.4 Å². The Balaban J connectivity index is 2.27. The second kappa shape index (κ2) is 7.66. The molecule has 0 aliphatic heterocycles. The molecule has 5 heteroatoms. The van der Waals surface area contributed by atoms with E-state index < -0.39 is 6.43 Å². The van der Waals surface area contributed by atoms with Crippen LogP contribution in [0.2, 0.25) is 0 Å². The highest BCUT2D eigenvalue weighted by atomic mass is 19.3. The number of benzene rings is 2. The van der Waals surface area contributed by atoms with Gasteiger partial charge >= 0.3 is 0 Å². The number of hydrogen-bond donors (Lipinski definition) is 0. The maximum atomic E-state index is 13.7. The number of rotatable bonds is 4. The number of aliphatic imine (C=N–C) groups is 1. The van der Waals surface area contributed by atoms with E-state index in [1.54, 1.807) is 0 Å². The number of aryl methyl sites for hydroxylation is 1. The second-order valence-corrected chi connectivity index (χ2v) is 5.62. The van der Waals surface area contributed by atoms with Crippen LogP contribution in [0, 0.1) is 18.3 Å². The fourth-order valence-corrected chi connectivity index (χ4v) is 2.67. The molecule has 3 rings (SSSR count). The van der Waals surface area contributed by atoms with Crippen LogP contribution in [0.15, 0.2) is 71.9 Å². The minimum Gasteiger partial charge on any atom is -0.258 e. The summed E-state index contributed by atoms with van der Waals surface area (Å²) in [5, 5.41) is 9.27. The normalized spacial score (nSPS) is 10.4. The van der Waals surface area contributed by atoms with E-state index in [-0.39, 0.29) is 22.5 Å². The smallest absolute Gasteiger partial charge is 0.258 e. The summed E-state index contributed by atoms with van der Waals surface area (Å²) in [5.41, 5.74) is 1.89. The molecule has 1 heterocycles. The SMILES string of the molecule is Cc1ncc(N=C(c2ccccc2)c2ccccc2)c(C(F)F)c1C#N. The number of nitrogens with zero attached hydrogens (tertiary/aromatic N) is 3. The standard InChI is InChI=1S/C21H15F2N3/c1-14-17(12-24)19(21(22)23)18(13-25-14)26-20(15-8-4-2-5-9-15)16-10-6-3-7-11-16/h2-11,13,21H,1H3. The van der Waals surface area contributed by atoms with E-state index in [9.17, 15) is 14.0 Å². The molecule has 0 aliphatic rings. The number of halogens is 2. The summed E-state index contributed by atoms with van der Waals surface area (Å²) in [7, 11) is 0. The average Bonchev–Trinajstić information content (AvgIpc) is 2.67. The predicted molar refractivity (Wildman–Crippen MR) is 96.8 cm³/mol. The third kappa shape index (κ3) is 3.50. The topological polar surface area (TPSA) is 49.0 Å². The molecule has 1 aromatic heterocycles. The van der Waals surface area contributed by atoms with Crippen molar-refractivity contribution in [2.75, 3.05) is 0 Å². The molecular formula is C21H15F2N3. The molecule has 0 radical (unpaired) electrons. The van der Waals surface area contributed by atoms with Gasteiger partial charge in [0.2, 0.25) is 0 Å². The van der Waals surface area contributed by atoms with E-state index in [2.05, 4.69) is 9.98 Å². The van der Waals surface area contributed by atoms with Crippen LogP contribution in [0.5, 0.6) is 0 Å². The summed E-state index contributed by atoms with van der Waals surface area (Å²) in [5.74, 6) is 0. The van der Waals surface area contributed by atoms with Gasteiger partial charge in [-0.3, -0.25) is 4.98 Å². The molecule has 0 N–H and O–H groups in total. The van der Waals surface area contributed by atoms with Crippen molar-refractivity contribution in [1.29, 1.82) is 5.26 Å². The molecule has 3 aromatic rings. The van der Waals surface area contributed by atoms with E-state index in [0.717, 1.165) is 11.1 Å². The van der Waals surface area contributed by atoms with Crippen molar-refractivity contribution in [2.24, 2.45) is 4.99 Å². The Hall–Kier alpha value is -3.39. The molecule has 0 atom stereocenters. The van der Waals surface area contributed by atoms with E-state index in [1.165, 1.54) is 13.1 Å². The third-order valence-corrected chi connectivity index (χ3v) is 3.94. The summed E-state index contributed by atoms with van der Waals surface area (Å²) < 4.78 is 27.3. The van der Waals surface area contributed by atoms with Gasteiger partial charge < -0.3 is 0 Å². The zero-order chi connectivity index (χ0) is 18.5. The minimum absolute atomic E-state index is 0.00450. The van der Waals surface area contributed by atoms with Gasteiger partial charge in [0.15, 0.2) is 0 Å². The number of hydrogen-bond acceptors (Lipinski definition) is 3. The average molecular weight is 347 g/mol. The Labute approximate surface area is 150 Å². The van der Waals surface area contributed by atoms with Crippen molar-refractivity contribution in [3.63, 3.8) is 0 Å². The fraction of sp³-hybridized carbons (Fsp3) is 0.0952. The zero-order valence-electron chi connectivity index (χ0n) is 14.0. The quantitative estimate of drug-likeness (QED) is 0.596. The largest absolute Gasteiger partial charge is 0.267 e. The molecule has 0 bridgehead atoms. The summed E-state index contributed by atoms with van der Waals surface area (Å²) in [6.45, 7) is 1.53. The monoisotopic (exact) mass is 347 g/mol. The molecule has 0 amide bonds. The van der Waals surface area contributed by atoms with Crippen molar-refractivity contribution in [3.8, 4) is 6.07 Å². The van der Waals surface area contributed by atoms with Crippen molar-refractivity contribution >= 4 is 11.4 Å². The molecule has 0 saturated heterocycles. The lowest BCUT2D eigenvalue weighted by atomic mass is 10.0.